The summed E-state index contributed by atoms with van der Waals surface area (Å²) in [6, 6.07) is 0.894. The number of hydrogen-bond donors (Lipinski definition) is 1. The molecule has 0 heterocycles. The van der Waals surface area contributed by atoms with E-state index in [1.54, 1.807) is 0 Å². The number of phenolic OH excluding ortho intramolecular Hbond substituents is 1. The Morgan fingerprint density at radius 1 is 0.882 bits per heavy atom. The molecule has 0 unspecified atom stereocenters. The van der Waals surface area contributed by atoms with E-state index in [1.807, 2.05) is 0 Å². The van der Waals surface area contributed by atoms with Gasteiger partial charge < -0.3 is 5.11 Å². The fourth-order valence-electron chi connectivity index (χ4n) is 0.974. The molecule has 0 aliphatic rings. The Hall–Kier alpha value is -2.26. The van der Waals surface area contributed by atoms with Crippen molar-refractivity contribution in [2.45, 2.75) is 0 Å². The van der Waals surface area contributed by atoms with E-state index in [1.165, 1.54) is 0 Å². The topological polar surface area (TPSA) is 150 Å². The molecule has 0 saturated carbocycles. The van der Waals surface area contributed by atoms with Crippen molar-refractivity contribution in [3.05, 3.63) is 42.5 Å². The van der Waals surface area contributed by atoms with Gasteiger partial charge in [-0.25, -0.2) is 0 Å². The molecule has 0 bridgehead atoms. The number of phenols is 1. The molecule has 1 aromatic rings. The summed E-state index contributed by atoms with van der Waals surface area (Å²) in [5.41, 5.74) is -3.00. The van der Waals surface area contributed by atoms with Gasteiger partial charge in [-0.3, -0.25) is 30.3 Å². The molecule has 1 rings (SSSR count). The molecule has 10 nitrogen and oxygen atoms in total. The Kier molecular flexibility index (Phi) is 4.49. The molecule has 1 N–H and O–H groups in total. The molecule has 0 aromatic heterocycles. The molecule has 0 aliphatic heterocycles. The molecular formula is C6H3MnN3O7. The molecule has 0 aliphatic carbocycles. The van der Waals surface area contributed by atoms with Gasteiger partial charge in [0, 0.05) is 17.1 Å². The van der Waals surface area contributed by atoms with Gasteiger partial charge in [-0.2, -0.15) is 0 Å². The molecule has 0 atom stereocenters. The summed E-state index contributed by atoms with van der Waals surface area (Å²) < 4.78 is 0. The Morgan fingerprint density at radius 3 is 1.47 bits per heavy atom. The fraction of sp³-hybridized carbons (Fsp3) is 0. The van der Waals surface area contributed by atoms with E-state index in [2.05, 4.69) is 0 Å². The van der Waals surface area contributed by atoms with Gasteiger partial charge >= 0.3 is 11.4 Å². The van der Waals surface area contributed by atoms with Gasteiger partial charge in [0.2, 0.25) is 0 Å². The van der Waals surface area contributed by atoms with Crippen LogP contribution >= 0.6 is 0 Å². The first-order valence-electron chi connectivity index (χ1n) is 3.64. The average molecular weight is 284 g/mol. The SMILES string of the molecule is O=[N+]([O-])c1cc([N+](=O)[O-])c(O)c([N+](=O)[O-])c1.[Mn]. The standard InChI is InChI=1S/C6H3N3O7.Mn/c10-6-4(8(13)14)1-3(7(11)12)2-5(6)9(15)16;/h1-2,10H;. The number of hydrogen-bond acceptors (Lipinski definition) is 7. The first-order valence-corrected chi connectivity index (χ1v) is 3.64. The van der Waals surface area contributed by atoms with E-state index >= 15 is 0 Å². The Morgan fingerprint density at radius 2 is 1.24 bits per heavy atom. The van der Waals surface area contributed by atoms with Crippen LogP contribution in [0.5, 0.6) is 5.75 Å². The molecule has 0 spiro atoms. The molecule has 91 valence electrons. The molecule has 1 radical (unpaired) electrons. The van der Waals surface area contributed by atoms with E-state index in [0.29, 0.717) is 12.1 Å². The second kappa shape index (κ2) is 5.18. The fourth-order valence-corrected chi connectivity index (χ4v) is 0.974. The van der Waals surface area contributed by atoms with Gasteiger partial charge in [0.05, 0.1) is 26.9 Å². The minimum absolute atomic E-state index is 0. The van der Waals surface area contributed by atoms with Gasteiger partial charge in [-0.05, 0) is 0 Å². The molecule has 0 fully saturated rings. The second-order valence-electron chi connectivity index (χ2n) is 2.60. The summed E-state index contributed by atoms with van der Waals surface area (Å²) in [5, 5.41) is 40.2. The second-order valence-corrected chi connectivity index (χ2v) is 2.60. The third-order valence-corrected chi connectivity index (χ3v) is 1.66. The van der Waals surface area contributed by atoms with Crippen LogP contribution in [0, 0.1) is 30.3 Å². The van der Waals surface area contributed by atoms with Crippen molar-refractivity contribution in [2.24, 2.45) is 0 Å². The van der Waals surface area contributed by atoms with Gasteiger partial charge in [0.25, 0.3) is 11.4 Å². The van der Waals surface area contributed by atoms with E-state index in [9.17, 15) is 30.3 Å². The van der Waals surface area contributed by atoms with Crippen molar-refractivity contribution in [1.82, 2.24) is 0 Å². The maximum absolute atomic E-state index is 10.4. The number of nitro groups is 3. The van der Waals surface area contributed by atoms with Crippen LogP contribution in [-0.2, 0) is 17.1 Å². The van der Waals surface area contributed by atoms with E-state index < -0.39 is 37.6 Å². The normalized spacial score (nSPS) is 9.18. The van der Waals surface area contributed by atoms with Crippen LogP contribution in [0.3, 0.4) is 0 Å². The zero-order valence-electron chi connectivity index (χ0n) is 7.77. The first-order chi connectivity index (χ1) is 7.34. The number of aromatic hydroxyl groups is 1. The third-order valence-electron chi connectivity index (χ3n) is 1.66. The minimum Gasteiger partial charge on any atom is -0.497 e. The summed E-state index contributed by atoms with van der Waals surface area (Å²) in [5.74, 6) is -1.21. The van der Waals surface area contributed by atoms with Gasteiger partial charge in [0.1, 0.15) is 0 Å². The number of benzene rings is 1. The number of rotatable bonds is 3. The quantitative estimate of drug-likeness (QED) is 0.496. The predicted molar refractivity (Wildman–Crippen MR) is 48.1 cm³/mol. The van der Waals surface area contributed by atoms with Crippen LogP contribution < -0.4 is 0 Å². The Bertz CT molecular complexity index is 467. The summed E-state index contributed by atoms with van der Waals surface area (Å²) in [6.07, 6.45) is 0. The van der Waals surface area contributed by atoms with Crippen LogP contribution in [0.15, 0.2) is 12.1 Å². The van der Waals surface area contributed by atoms with Crippen molar-refractivity contribution in [3.63, 3.8) is 0 Å². The minimum atomic E-state index is -1.21. The number of non-ortho nitro benzene ring substituents is 1. The summed E-state index contributed by atoms with van der Waals surface area (Å²) >= 11 is 0. The van der Waals surface area contributed by atoms with Crippen molar-refractivity contribution >= 4 is 17.1 Å². The van der Waals surface area contributed by atoms with E-state index in [-0.39, 0.29) is 17.1 Å². The Balaban J connectivity index is 0.00000256. The Labute approximate surface area is 103 Å². The van der Waals surface area contributed by atoms with Crippen molar-refractivity contribution in [1.29, 1.82) is 0 Å². The van der Waals surface area contributed by atoms with Crippen LogP contribution in [0.2, 0.25) is 0 Å². The summed E-state index contributed by atoms with van der Waals surface area (Å²) in [4.78, 5) is 27.8. The molecule has 17 heavy (non-hydrogen) atoms. The van der Waals surface area contributed by atoms with E-state index in [4.69, 9.17) is 5.11 Å². The summed E-state index contributed by atoms with van der Waals surface area (Å²) in [7, 11) is 0. The predicted octanol–water partition coefficient (Wildman–Crippen LogP) is 1.11. The maximum atomic E-state index is 10.4. The third kappa shape index (κ3) is 2.86. The number of nitrogens with zero attached hydrogens (tertiary/aromatic N) is 3. The van der Waals surface area contributed by atoms with Crippen molar-refractivity contribution in [3.8, 4) is 5.75 Å². The van der Waals surface area contributed by atoms with Gasteiger partial charge in [-0.1, -0.05) is 0 Å². The molecule has 0 saturated heterocycles. The van der Waals surface area contributed by atoms with Crippen LogP contribution in [0.1, 0.15) is 0 Å². The van der Waals surface area contributed by atoms with Crippen molar-refractivity contribution in [2.75, 3.05) is 0 Å². The average Bonchev–Trinajstić information content (AvgIpc) is 2.16. The monoisotopic (exact) mass is 284 g/mol. The van der Waals surface area contributed by atoms with E-state index in [0.717, 1.165) is 0 Å². The van der Waals surface area contributed by atoms with Gasteiger partial charge in [-0.15, -0.1) is 0 Å². The first kappa shape index (κ1) is 14.7. The van der Waals surface area contributed by atoms with Crippen molar-refractivity contribution < 1.29 is 36.9 Å². The molecule has 1 aromatic carbocycles. The number of nitro benzene ring substituents is 3. The zero-order chi connectivity index (χ0) is 12.5. The molecule has 0 amide bonds. The molecular weight excluding hydrogens is 281 g/mol. The maximum Gasteiger partial charge on any atom is 0.324 e. The smallest absolute Gasteiger partial charge is 0.324 e. The van der Waals surface area contributed by atoms with Crippen LogP contribution in [-0.4, -0.2) is 19.9 Å². The van der Waals surface area contributed by atoms with Gasteiger partial charge in [0.15, 0.2) is 0 Å². The molecule has 11 heteroatoms. The zero-order valence-corrected chi connectivity index (χ0v) is 8.95. The largest absolute Gasteiger partial charge is 0.497 e. The van der Waals surface area contributed by atoms with Crippen LogP contribution in [0.4, 0.5) is 17.1 Å². The van der Waals surface area contributed by atoms with Crippen LogP contribution in [0.25, 0.3) is 0 Å². The summed E-state index contributed by atoms with van der Waals surface area (Å²) in [6.45, 7) is 0.